The number of esters is 1. The van der Waals surface area contributed by atoms with Gasteiger partial charge in [0.25, 0.3) is 11.8 Å². The van der Waals surface area contributed by atoms with E-state index in [0.29, 0.717) is 0 Å². The first kappa shape index (κ1) is 24.0. The summed E-state index contributed by atoms with van der Waals surface area (Å²) in [5.74, 6) is -2.19. The van der Waals surface area contributed by atoms with Crippen molar-refractivity contribution in [1.82, 2.24) is 5.32 Å². The van der Waals surface area contributed by atoms with Gasteiger partial charge in [0.1, 0.15) is 5.29 Å². The van der Waals surface area contributed by atoms with E-state index in [-0.39, 0.29) is 17.5 Å². The highest BCUT2D eigenvalue weighted by Gasteiger charge is 2.38. The highest BCUT2D eigenvalue weighted by molar-refractivity contribution is 7.97. The first-order valence-corrected chi connectivity index (χ1v) is 12.3. The number of hydrogen-bond acceptors (Lipinski definition) is 4. The zero-order chi connectivity index (χ0) is 23.8. The van der Waals surface area contributed by atoms with Gasteiger partial charge in [0.15, 0.2) is 0 Å². The number of carbonyl (C=O) groups excluding carboxylic acids is 3. The van der Waals surface area contributed by atoms with Crippen LogP contribution in [0.5, 0.6) is 0 Å². The van der Waals surface area contributed by atoms with E-state index in [4.69, 9.17) is 4.74 Å². The predicted molar refractivity (Wildman–Crippen MR) is 135 cm³/mol. The molecule has 0 aliphatic carbocycles. The molecule has 0 bridgehead atoms. The van der Waals surface area contributed by atoms with Gasteiger partial charge in [0.2, 0.25) is 0 Å². The Kier molecular flexibility index (Phi) is 7.81. The SMILES string of the molecule is C=C(C)C(=O)NC(=O)C(C(=O)OCC)=P(c1ccccc1)(c1ccccc1)c1ccccc1. The van der Waals surface area contributed by atoms with Crippen LogP contribution in [-0.2, 0) is 19.1 Å². The Morgan fingerprint density at radius 1 is 0.758 bits per heavy atom. The van der Waals surface area contributed by atoms with Crippen LogP contribution in [0.25, 0.3) is 0 Å². The molecule has 0 heterocycles. The van der Waals surface area contributed by atoms with Crippen LogP contribution in [0.15, 0.2) is 103 Å². The number of ether oxygens (including phenoxy) is 1. The summed E-state index contributed by atoms with van der Waals surface area (Å²) in [5, 5.41) is 4.64. The van der Waals surface area contributed by atoms with Crippen molar-refractivity contribution in [3.05, 3.63) is 103 Å². The van der Waals surface area contributed by atoms with Gasteiger partial charge in [0, 0.05) is 5.57 Å². The molecule has 5 nitrogen and oxygen atoms in total. The van der Waals surface area contributed by atoms with Crippen molar-refractivity contribution in [3.63, 3.8) is 0 Å². The van der Waals surface area contributed by atoms with E-state index in [9.17, 15) is 14.4 Å². The second-order valence-corrected chi connectivity index (χ2v) is 10.6. The molecule has 2 amide bonds. The number of imide groups is 1. The van der Waals surface area contributed by atoms with Crippen molar-refractivity contribution in [1.29, 1.82) is 0 Å². The van der Waals surface area contributed by atoms with Crippen LogP contribution in [0.4, 0.5) is 0 Å². The fourth-order valence-electron chi connectivity index (χ4n) is 3.64. The molecule has 0 fully saturated rings. The highest BCUT2D eigenvalue weighted by atomic mass is 31.2. The minimum Gasteiger partial charge on any atom is -0.462 e. The second kappa shape index (κ2) is 10.8. The summed E-state index contributed by atoms with van der Waals surface area (Å²) in [7, 11) is 0. The van der Waals surface area contributed by atoms with Crippen LogP contribution < -0.4 is 21.2 Å². The molecule has 0 atom stereocenters. The topological polar surface area (TPSA) is 72.5 Å². The summed E-state index contributed by atoms with van der Waals surface area (Å²) < 4.78 is 5.39. The molecule has 33 heavy (non-hydrogen) atoms. The molecule has 3 aromatic rings. The molecule has 168 valence electrons. The third kappa shape index (κ3) is 4.89. The monoisotopic (exact) mass is 459 g/mol. The zero-order valence-electron chi connectivity index (χ0n) is 18.7. The van der Waals surface area contributed by atoms with E-state index in [1.165, 1.54) is 6.92 Å². The molecule has 0 spiro atoms. The number of hydrogen-bond donors (Lipinski definition) is 1. The lowest BCUT2D eigenvalue weighted by molar-refractivity contribution is -0.135. The molecule has 0 radical (unpaired) electrons. The van der Waals surface area contributed by atoms with E-state index in [0.717, 1.165) is 15.9 Å². The van der Waals surface area contributed by atoms with Gasteiger partial charge < -0.3 is 4.74 Å². The number of benzene rings is 3. The molecule has 0 aliphatic rings. The molecule has 3 aromatic carbocycles. The lowest BCUT2D eigenvalue weighted by Gasteiger charge is -2.31. The predicted octanol–water partition coefficient (Wildman–Crippen LogP) is 2.93. The Morgan fingerprint density at radius 2 is 1.15 bits per heavy atom. The summed E-state index contributed by atoms with van der Waals surface area (Å²) in [6.07, 6.45) is 0. The van der Waals surface area contributed by atoms with Crippen LogP contribution in [0.1, 0.15) is 13.8 Å². The number of amides is 2. The lowest BCUT2D eigenvalue weighted by atomic mass is 10.3. The summed E-state index contributed by atoms with van der Waals surface area (Å²) in [6.45, 7) is 3.83. The van der Waals surface area contributed by atoms with Gasteiger partial charge >= 0.3 is 5.97 Å². The van der Waals surface area contributed by atoms with Crippen molar-refractivity contribution >= 4 is 45.9 Å². The average Bonchev–Trinajstić information content (AvgIpc) is 2.84. The first-order chi connectivity index (χ1) is 15.9. The first-order valence-electron chi connectivity index (χ1n) is 10.5. The summed E-state index contributed by atoms with van der Waals surface area (Å²) in [6, 6.07) is 28.3. The summed E-state index contributed by atoms with van der Waals surface area (Å²) in [4.78, 5) is 39.5. The zero-order valence-corrected chi connectivity index (χ0v) is 19.5. The van der Waals surface area contributed by atoms with Crippen molar-refractivity contribution in [2.24, 2.45) is 0 Å². The summed E-state index contributed by atoms with van der Waals surface area (Å²) >= 11 is 0. The van der Waals surface area contributed by atoms with E-state index in [1.54, 1.807) is 6.92 Å². The lowest BCUT2D eigenvalue weighted by Crippen LogP contribution is -2.45. The Labute approximate surface area is 194 Å². The van der Waals surface area contributed by atoms with Crippen LogP contribution in [0.3, 0.4) is 0 Å². The molecule has 0 unspecified atom stereocenters. The Balaban J connectivity index is 2.56. The molecule has 0 saturated heterocycles. The van der Waals surface area contributed by atoms with Gasteiger partial charge in [0.05, 0.1) is 6.61 Å². The standard InChI is InChI=1S/C27H26NO4P/c1-4-32-27(31)24(26(30)28-25(29)20(2)3)33(21-14-8-5-9-15-21,22-16-10-6-11-17-22)23-18-12-7-13-19-23/h5-19H,2,4H2,1,3H3,(H,28,29,30). The number of nitrogens with one attached hydrogen (secondary N) is 1. The van der Waals surface area contributed by atoms with Gasteiger partial charge in [-0.25, -0.2) is 4.79 Å². The summed E-state index contributed by atoms with van der Waals surface area (Å²) in [5.41, 5.74) is 0.162. The van der Waals surface area contributed by atoms with E-state index in [1.807, 2.05) is 91.0 Å². The number of carbonyl (C=O) groups is 3. The van der Waals surface area contributed by atoms with Crippen LogP contribution >= 0.6 is 6.89 Å². The van der Waals surface area contributed by atoms with Crippen molar-refractivity contribution < 1.29 is 19.1 Å². The minimum absolute atomic E-state index is 0.0857. The molecule has 0 saturated carbocycles. The van der Waals surface area contributed by atoms with E-state index < -0.39 is 24.7 Å². The fraction of sp³-hybridized carbons (Fsp3) is 0.111. The number of rotatable bonds is 7. The molecule has 0 aliphatic heterocycles. The third-order valence-electron chi connectivity index (χ3n) is 5.06. The normalized spacial score (nSPS) is 10.7. The molecule has 1 N–H and O–H groups in total. The Hall–Kier alpha value is -3.69. The highest BCUT2D eigenvalue weighted by Crippen LogP contribution is 2.46. The van der Waals surface area contributed by atoms with Crippen LogP contribution in [-0.4, -0.2) is 29.7 Å². The van der Waals surface area contributed by atoms with Crippen LogP contribution in [0.2, 0.25) is 0 Å². The fourth-order valence-corrected chi connectivity index (χ4v) is 7.87. The van der Waals surface area contributed by atoms with E-state index >= 15 is 0 Å². The Bertz CT molecular complexity index is 1120. The van der Waals surface area contributed by atoms with E-state index in [2.05, 4.69) is 11.9 Å². The van der Waals surface area contributed by atoms with Gasteiger partial charge in [-0.1, -0.05) is 97.6 Å². The molecule has 0 aromatic heterocycles. The molecular formula is C27H26NO4P. The van der Waals surface area contributed by atoms with Crippen molar-refractivity contribution in [2.75, 3.05) is 6.61 Å². The minimum atomic E-state index is -3.04. The van der Waals surface area contributed by atoms with Crippen molar-refractivity contribution in [2.45, 2.75) is 13.8 Å². The van der Waals surface area contributed by atoms with Gasteiger partial charge in [-0.05, 0) is 36.6 Å². The van der Waals surface area contributed by atoms with Crippen molar-refractivity contribution in [3.8, 4) is 0 Å². The van der Waals surface area contributed by atoms with Gasteiger partial charge in [-0.2, -0.15) is 0 Å². The third-order valence-corrected chi connectivity index (χ3v) is 9.34. The maximum absolute atomic E-state index is 13.7. The van der Waals surface area contributed by atoms with Crippen LogP contribution in [0, 0.1) is 0 Å². The Morgan fingerprint density at radius 3 is 1.48 bits per heavy atom. The average molecular weight is 459 g/mol. The maximum Gasteiger partial charge on any atom is 0.344 e. The maximum atomic E-state index is 13.7. The molecule has 6 heteroatoms. The largest absolute Gasteiger partial charge is 0.462 e. The molecule has 3 rings (SSSR count). The molecular weight excluding hydrogens is 433 g/mol. The second-order valence-electron chi connectivity index (χ2n) is 7.31. The van der Waals surface area contributed by atoms with Gasteiger partial charge in [-0.15, -0.1) is 0 Å². The van der Waals surface area contributed by atoms with Gasteiger partial charge in [-0.3, -0.25) is 14.9 Å². The smallest absolute Gasteiger partial charge is 0.344 e. The quantitative estimate of drug-likeness (QED) is 0.255.